The molecule has 0 atom stereocenters. The van der Waals surface area contributed by atoms with Crippen LogP contribution in [0.25, 0.3) is 33.2 Å². The third kappa shape index (κ3) is 2.78. The molecule has 0 N–H and O–H groups in total. The van der Waals surface area contributed by atoms with Crippen LogP contribution in [0.5, 0.6) is 0 Å². The second-order valence-electron chi connectivity index (χ2n) is 7.95. The second kappa shape index (κ2) is 6.84. The maximum atomic E-state index is 6.78. The van der Waals surface area contributed by atoms with Gasteiger partial charge in [0.25, 0.3) is 0 Å². The van der Waals surface area contributed by atoms with Gasteiger partial charge in [0.05, 0.1) is 21.4 Å². The monoisotopic (exact) mass is 361 g/mol. The Morgan fingerprint density at radius 3 is 2.50 bits per heavy atom. The van der Waals surface area contributed by atoms with Crippen LogP contribution in [0.3, 0.4) is 0 Å². The first-order chi connectivity index (χ1) is 13.7. The molecular formula is C24H21B2NO. The van der Waals surface area contributed by atoms with E-state index in [9.17, 15) is 0 Å². The Kier molecular flexibility index (Phi) is 4.30. The summed E-state index contributed by atoms with van der Waals surface area (Å²) in [6.07, 6.45) is 7.58. The molecule has 0 aliphatic heterocycles. The van der Waals surface area contributed by atoms with Gasteiger partial charge in [-0.1, -0.05) is 73.7 Å². The standard InChI is InChI=1S/C24H21B2NO/c25-24(26,16-8-2-1-3-9-16)20-13-7-15-27-22(20)19-12-6-11-18-17-10-4-5-14-21(17)28-23(18)19/h4-7,10-16H,1-3,8-9H2. The number of furan rings is 1. The van der Waals surface area contributed by atoms with Gasteiger partial charge >= 0.3 is 0 Å². The molecule has 0 bridgehead atoms. The summed E-state index contributed by atoms with van der Waals surface area (Å²) in [7, 11) is 13.6. The lowest BCUT2D eigenvalue weighted by atomic mass is 9.43. The van der Waals surface area contributed by atoms with Crippen molar-refractivity contribution >= 4 is 37.6 Å². The zero-order valence-electron chi connectivity index (χ0n) is 15.9. The van der Waals surface area contributed by atoms with Crippen molar-refractivity contribution < 1.29 is 4.42 Å². The van der Waals surface area contributed by atoms with Crippen molar-refractivity contribution in [2.24, 2.45) is 5.92 Å². The predicted molar refractivity (Wildman–Crippen MR) is 117 cm³/mol. The Bertz CT molecular complexity index is 1140. The molecule has 2 aromatic heterocycles. The van der Waals surface area contributed by atoms with E-state index in [2.05, 4.69) is 12.1 Å². The van der Waals surface area contributed by atoms with Crippen molar-refractivity contribution in [3.05, 3.63) is 66.4 Å². The Labute approximate surface area is 168 Å². The quantitative estimate of drug-likeness (QED) is 0.437. The smallest absolute Gasteiger partial charge is 0.144 e. The van der Waals surface area contributed by atoms with Crippen LogP contribution in [0.4, 0.5) is 0 Å². The Morgan fingerprint density at radius 1 is 0.857 bits per heavy atom. The van der Waals surface area contributed by atoms with E-state index in [0.717, 1.165) is 51.6 Å². The summed E-state index contributed by atoms with van der Waals surface area (Å²) in [4.78, 5) is 4.71. The van der Waals surface area contributed by atoms with Gasteiger partial charge in [-0.25, -0.2) is 0 Å². The largest absolute Gasteiger partial charge is 0.455 e. The van der Waals surface area contributed by atoms with E-state index in [0.29, 0.717) is 0 Å². The highest BCUT2D eigenvalue weighted by Crippen LogP contribution is 2.42. The maximum absolute atomic E-state index is 6.78. The van der Waals surface area contributed by atoms with Crippen LogP contribution in [0.2, 0.25) is 0 Å². The molecule has 2 aromatic carbocycles. The van der Waals surface area contributed by atoms with Crippen molar-refractivity contribution in [3.63, 3.8) is 0 Å². The van der Waals surface area contributed by atoms with Crippen LogP contribution in [-0.4, -0.2) is 20.7 Å². The summed E-state index contributed by atoms with van der Waals surface area (Å²) in [5.41, 5.74) is 4.38. The third-order valence-corrected chi connectivity index (χ3v) is 6.21. The van der Waals surface area contributed by atoms with Crippen LogP contribution >= 0.6 is 0 Å². The van der Waals surface area contributed by atoms with Gasteiger partial charge in [0, 0.05) is 22.5 Å². The van der Waals surface area contributed by atoms with Crippen LogP contribution in [-0.2, 0) is 5.21 Å². The molecule has 0 saturated heterocycles. The molecule has 28 heavy (non-hydrogen) atoms. The van der Waals surface area contributed by atoms with Crippen LogP contribution in [0.15, 0.2) is 65.2 Å². The molecule has 4 aromatic rings. The fourth-order valence-electron chi connectivity index (χ4n) is 4.70. The van der Waals surface area contributed by atoms with E-state index in [-0.39, 0.29) is 5.92 Å². The number of rotatable bonds is 3. The SMILES string of the molecule is [B]C([B])(c1cccnc1-c1cccc2c1oc1ccccc12)C1CCCCC1. The molecule has 2 heterocycles. The van der Waals surface area contributed by atoms with E-state index in [1.165, 1.54) is 19.3 Å². The number of aromatic nitrogens is 1. The summed E-state index contributed by atoms with van der Waals surface area (Å²) < 4.78 is 6.23. The minimum Gasteiger partial charge on any atom is -0.455 e. The van der Waals surface area contributed by atoms with E-state index in [1.54, 1.807) is 6.20 Å². The Morgan fingerprint density at radius 2 is 1.64 bits per heavy atom. The molecule has 0 unspecified atom stereocenters. The maximum Gasteiger partial charge on any atom is 0.144 e. The van der Waals surface area contributed by atoms with Crippen LogP contribution in [0, 0.1) is 5.92 Å². The molecule has 2 nitrogen and oxygen atoms in total. The van der Waals surface area contributed by atoms with Crippen molar-refractivity contribution in [2.75, 3.05) is 0 Å². The van der Waals surface area contributed by atoms with E-state index in [1.807, 2.05) is 42.5 Å². The fourth-order valence-corrected chi connectivity index (χ4v) is 4.70. The summed E-state index contributed by atoms with van der Waals surface area (Å²) in [5.74, 6) is 0.263. The van der Waals surface area contributed by atoms with Gasteiger partial charge in [0.1, 0.15) is 11.2 Å². The average molecular weight is 361 g/mol. The molecular weight excluding hydrogens is 340 g/mol. The first-order valence-electron chi connectivity index (χ1n) is 10.1. The minimum absolute atomic E-state index is 0.263. The molecule has 0 amide bonds. The van der Waals surface area contributed by atoms with Gasteiger partial charge in [-0.3, -0.25) is 4.98 Å². The van der Waals surface area contributed by atoms with Gasteiger partial charge in [-0.15, -0.1) is 0 Å². The van der Waals surface area contributed by atoms with E-state index >= 15 is 0 Å². The third-order valence-electron chi connectivity index (χ3n) is 6.21. The summed E-state index contributed by atoms with van der Waals surface area (Å²) in [6, 6.07) is 18.2. The van der Waals surface area contributed by atoms with Crippen molar-refractivity contribution in [2.45, 2.75) is 37.3 Å². The van der Waals surface area contributed by atoms with E-state index in [4.69, 9.17) is 25.1 Å². The minimum atomic E-state index is -0.905. The van der Waals surface area contributed by atoms with E-state index < -0.39 is 5.21 Å². The number of hydrogen-bond acceptors (Lipinski definition) is 2. The van der Waals surface area contributed by atoms with Crippen LogP contribution < -0.4 is 0 Å². The highest BCUT2D eigenvalue weighted by atomic mass is 16.3. The first kappa shape index (κ1) is 17.6. The number of pyridine rings is 1. The highest BCUT2D eigenvalue weighted by Gasteiger charge is 2.33. The van der Waals surface area contributed by atoms with Crippen molar-refractivity contribution in [1.29, 1.82) is 0 Å². The number of fused-ring (bicyclic) bond motifs is 3. The summed E-state index contributed by atoms with van der Waals surface area (Å²) in [6.45, 7) is 0. The topological polar surface area (TPSA) is 26.0 Å². The van der Waals surface area contributed by atoms with Gasteiger partial charge in [-0.2, -0.15) is 0 Å². The number of para-hydroxylation sites is 2. The fraction of sp³-hybridized carbons (Fsp3) is 0.292. The number of nitrogens with zero attached hydrogens (tertiary/aromatic N) is 1. The van der Waals surface area contributed by atoms with Gasteiger partial charge < -0.3 is 4.42 Å². The van der Waals surface area contributed by atoms with Crippen LogP contribution in [0.1, 0.15) is 37.7 Å². The zero-order chi connectivity index (χ0) is 19.1. The zero-order valence-corrected chi connectivity index (χ0v) is 15.9. The van der Waals surface area contributed by atoms with Gasteiger partial charge in [0.2, 0.25) is 0 Å². The lowest BCUT2D eigenvalue weighted by molar-refractivity contribution is 0.327. The molecule has 0 spiro atoms. The molecule has 4 radical (unpaired) electrons. The normalized spacial score (nSPS) is 16.0. The Balaban J connectivity index is 1.71. The molecule has 4 heteroatoms. The van der Waals surface area contributed by atoms with Gasteiger partial charge in [-0.05, 0) is 29.7 Å². The van der Waals surface area contributed by atoms with Crippen molar-refractivity contribution in [1.82, 2.24) is 4.98 Å². The molecule has 134 valence electrons. The lowest BCUT2D eigenvalue weighted by Gasteiger charge is -2.39. The predicted octanol–water partition coefficient (Wildman–Crippen LogP) is 5.72. The number of hydrogen-bond donors (Lipinski definition) is 0. The molecule has 1 aliphatic carbocycles. The molecule has 5 rings (SSSR count). The second-order valence-corrected chi connectivity index (χ2v) is 7.95. The molecule has 1 saturated carbocycles. The summed E-state index contributed by atoms with van der Waals surface area (Å²) in [5, 5.41) is 1.29. The highest BCUT2D eigenvalue weighted by molar-refractivity contribution is 6.40. The first-order valence-corrected chi connectivity index (χ1v) is 10.1. The summed E-state index contributed by atoms with van der Waals surface area (Å²) >= 11 is 0. The number of benzene rings is 2. The lowest BCUT2D eigenvalue weighted by Crippen LogP contribution is -2.38. The average Bonchev–Trinajstić information content (AvgIpc) is 3.13. The Hall–Kier alpha value is -2.48. The van der Waals surface area contributed by atoms with Gasteiger partial charge in [0.15, 0.2) is 0 Å². The van der Waals surface area contributed by atoms with Crippen molar-refractivity contribution in [3.8, 4) is 11.3 Å². The molecule has 1 aliphatic rings. The molecule has 1 fully saturated rings.